The van der Waals surface area contributed by atoms with Crippen LogP contribution in [-0.4, -0.2) is 50.0 Å². The number of carbonyl (C=O) groups is 2. The maximum atomic E-state index is 12.6. The van der Waals surface area contributed by atoms with Crippen LogP contribution >= 0.6 is 0 Å². The van der Waals surface area contributed by atoms with Gasteiger partial charge in [-0.2, -0.15) is 0 Å². The van der Waals surface area contributed by atoms with Gasteiger partial charge in [0.15, 0.2) is 0 Å². The van der Waals surface area contributed by atoms with Gasteiger partial charge in [-0.15, -0.1) is 0 Å². The van der Waals surface area contributed by atoms with Gasteiger partial charge in [0.05, 0.1) is 20.0 Å². The van der Waals surface area contributed by atoms with Crippen molar-refractivity contribution in [2.45, 2.75) is 12.8 Å². The highest BCUT2D eigenvalue weighted by Gasteiger charge is 2.23. The van der Waals surface area contributed by atoms with E-state index in [2.05, 4.69) is 16.3 Å². The summed E-state index contributed by atoms with van der Waals surface area (Å²) in [5.41, 5.74) is 4.08. The molecule has 1 saturated heterocycles. The number of fused-ring (bicyclic) bond motifs is 1. The lowest BCUT2D eigenvalue weighted by Gasteiger charge is -2.36. The van der Waals surface area contributed by atoms with Crippen LogP contribution in [0.5, 0.6) is 5.75 Å². The third-order valence-electron chi connectivity index (χ3n) is 5.23. The van der Waals surface area contributed by atoms with E-state index in [1.54, 1.807) is 7.11 Å². The van der Waals surface area contributed by atoms with E-state index >= 15 is 0 Å². The molecule has 2 aromatic carbocycles. The first kappa shape index (κ1) is 17.4. The third-order valence-corrected chi connectivity index (χ3v) is 5.23. The molecule has 6 nitrogen and oxygen atoms in total. The molecular formula is C21H23N3O3. The van der Waals surface area contributed by atoms with E-state index < -0.39 is 0 Å². The Kier molecular flexibility index (Phi) is 4.71. The standard InChI is InChI=1S/C21H23N3O3/c1-27-18-5-2-15(3-6-18)12-21(26)24-10-8-23(9-11-24)17-4-7-19-16(13-17)14-20(25)22-19/h2-7,13H,8-12,14H2,1H3,(H,22,25). The number of hydrogen-bond donors (Lipinski definition) is 1. The van der Waals surface area contributed by atoms with Crippen molar-refractivity contribution < 1.29 is 14.3 Å². The molecule has 2 aliphatic heterocycles. The minimum absolute atomic E-state index is 0.0519. The van der Waals surface area contributed by atoms with Gasteiger partial charge in [0.25, 0.3) is 0 Å². The second-order valence-corrected chi connectivity index (χ2v) is 6.96. The number of nitrogens with one attached hydrogen (secondary N) is 1. The number of rotatable bonds is 4. The zero-order valence-corrected chi connectivity index (χ0v) is 15.4. The molecule has 0 aromatic heterocycles. The summed E-state index contributed by atoms with van der Waals surface area (Å²) in [6, 6.07) is 13.7. The quantitative estimate of drug-likeness (QED) is 0.901. The third kappa shape index (κ3) is 3.74. The molecule has 0 spiro atoms. The van der Waals surface area contributed by atoms with Gasteiger partial charge in [-0.3, -0.25) is 9.59 Å². The largest absolute Gasteiger partial charge is 0.497 e. The molecule has 1 fully saturated rings. The first-order valence-corrected chi connectivity index (χ1v) is 9.21. The molecule has 0 aliphatic carbocycles. The van der Waals surface area contributed by atoms with Crippen LogP contribution < -0.4 is 15.0 Å². The van der Waals surface area contributed by atoms with Crippen LogP contribution in [0.4, 0.5) is 11.4 Å². The van der Waals surface area contributed by atoms with Crippen molar-refractivity contribution in [2.75, 3.05) is 43.5 Å². The van der Waals surface area contributed by atoms with Gasteiger partial charge >= 0.3 is 0 Å². The van der Waals surface area contributed by atoms with Crippen molar-refractivity contribution >= 4 is 23.2 Å². The Balaban J connectivity index is 1.34. The lowest BCUT2D eigenvalue weighted by molar-refractivity contribution is -0.130. The second kappa shape index (κ2) is 7.31. The molecule has 0 atom stereocenters. The van der Waals surface area contributed by atoms with E-state index in [1.165, 1.54) is 0 Å². The Labute approximate surface area is 158 Å². The van der Waals surface area contributed by atoms with E-state index in [4.69, 9.17) is 4.74 Å². The van der Waals surface area contributed by atoms with Gasteiger partial charge in [-0.1, -0.05) is 12.1 Å². The Morgan fingerprint density at radius 1 is 1.07 bits per heavy atom. The molecule has 2 aliphatic rings. The average molecular weight is 365 g/mol. The highest BCUT2D eigenvalue weighted by Crippen LogP contribution is 2.28. The SMILES string of the molecule is COc1ccc(CC(=O)N2CCN(c3ccc4c(c3)CC(=O)N4)CC2)cc1. The van der Waals surface area contributed by atoms with E-state index in [-0.39, 0.29) is 11.8 Å². The van der Waals surface area contributed by atoms with Gasteiger partial charge < -0.3 is 19.9 Å². The molecule has 0 radical (unpaired) electrons. The molecular weight excluding hydrogens is 342 g/mol. The lowest BCUT2D eigenvalue weighted by Crippen LogP contribution is -2.49. The minimum atomic E-state index is 0.0519. The summed E-state index contributed by atoms with van der Waals surface area (Å²) in [7, 11) is 1.63. The molecule has 4 rings (SSSR count). The predicted molar refractivity (Wildman–Crippen MR) is 104 cm³/mol. The van der Waals surface area contributed by atoms with E-state index in [9.17, 15) is 9.59 Å². The van der Waals surface area contributed by atoms with Crippen molar-refractivity contribution in [1.82, 2.24) is 4.90 Å². The first-order chi connectivity index (χ1) is 13.1. The molecule has 6 heteroatoms. The molecule has 0 unspecified atom stereocenters. The normalized spacial score (nSPS) is 16.1. The van der Waals surface area contributed by atoms with Crippen molar-refractivity contribution in [2.24, 2.45) is 0 Å². The summed E-state index contributed by atoms with van der Waals surface area (Å²) >= 11 is 0. The maximum Gasteiger partial charge on any atom is 0.228 e. The summed E-state index contributed by atoms with van der Waals surface area (Å²) in [6.45, 7) is 3.02. The summed E-state index contributed by atoms with van der Waals surface area (Å²) in [5.74, 6) is 1.01. The van der Waals surface area contributed by atoms with E-state index in [0.29, 0.717) is 25.9 Å². The monoisotopic (exact) mass is 365 g/mol. The fourth-order valence-corrected chi connectivity index (χ4v) is 3.66. The summed E-state index contributed by atoms with van der Waals surface area (Å²) in [4.78, 5) is 28.3. The average Bonchev–Trinajstić information content (AvgIpc) is 3.08. The Morgan fingerprint density at radius 2 is 1.81 bits per heavy atom. The maximum absolute atomic E-state index is 12.6. The first-order valence-electron chi connectivity index (χ1n) is 9.21. The number of anilines is 2. The fourth-order valence-electron chi connectivity index (χ4n) is 3.66. The Bertz CT molecular complexity index is 855. The zero-order chi connectivity index (χ0) is 18.8. The van der Waals surface area contributed by atoms with Crippen LogP contribution in [0.1, 0.15) is 11.1 Å². The number of ether oxygens (including phenoxy) is 1. The Hall–Kier alpha value is -3.02. The van der Waals surface area contributed by atoms with Gasteiger partial charge in [-0.05, 0) is 41.5 Å². The summed E-state index contributed by atoms with van der Waals surface area (Å²) in [5, 5.41) is 2.86. The molecule has 2 aromatic rings. The van der Waals surface area contributed by atoms with Crippen molar-refractivity contribution in [1.29, 1.82) is 0 Å². The van der Waals surface area contributed by atoms with Crippen LogP contribution in [0.25, 0.3) is 0 Å². The predicted octanol–water partition coefficient (Wildman–Crippen LogP) is 2.08. The van der Waals surface area contributed by atoms with Crippen molar-refractivity contribution in [3.63, 3.8) is 0 Å². The fraction of sp³-hybridized carbons (Fsp3) is 0.333. The van der Waals surface area contributed by atoms with Crippen molar-refractivity contribution in [3.05, 3.63) is 53.6 Å². The number of nitrogens with zero attached hydrogens (tertiary/aromatic N) is 2. The zero-order valence-electron chi connectivity index (χ0n) is 15.4. The number of piperazine rings is 1. The molecule has 2 heterocycles. The number of methoxy groups -OCH3 is 1. The van der Waals surface area contributed by atoms with Crippen LogP contribution in [0, 0.1) is 0 Å². The highest BCUT2D eigenvalue weighted by molar-refractivity contribution is 5.99. The summed E-state index contributed by atoms with van der Waals surface area (Å²) in [6.07, 6.45) is 0.861. The number of hydrogen-bond acceptors (Lipinski definition) is 4. The van der Waals surface area contributed by atoms with Gasteiger partial charge in [0, 0.05) is 37.6 Å². The molecule has 0 saturated carbocycles. The lowest BCUT2D eigenvalue weighted by atomic mass is 10.1. The van der Waals surface area contributed by atoms with Gasteiger partial charge in [0.1, 0.15) is 5.75 Å². The molecule has 2 amide bonds. The number of benzene rings is 2. The molecule has 0 bridgehead atoms. The number of amides is 2. The van der Waals surface area contributed by atoms with Crippen molar-refractivity contribution in [3.8, 4) is 5.75 Å². The molecule has 140 valence electrons. The topological polar surface area (TPSA) is 61.9 Å². The second-order valence-electron chi connectivity index (χ2n) is 6.96. The van der Waals surface area contributed by atoms with Crippen LogP contribution in [0.2, 0.25) is 0 Å². The van der Waals surface area contributed by atoms with E-state index in [0.717, 1.165) is 41.3 Å². The van der Waals surface area contributed by atoms with Gasteiger partial charge in [-0.25, -0.2) is 0 Å². The van der Waals surface area contributed by atoms with Gasteiger partial charge in [0.2, 0.25) is 11.8 Å². The minimum Gasteiger partial charge on any atom is -0.497 e. The Morgan fingerprint density at radius 3 is 2.52 bits per heavy atom. The van der Waals surface area contributed by atoms with Crippen LogP contribution in [0.15, 0.2) is 42.5 Å². The van der Waals surface area contributed by atoms with Crippen LogP contribution in [0.3, 0.4) is 0 Å². The smallest absolute Gasteiger partial charge is 0.228 e. The molecule has 1 N–H and O–H groups in total. The van der Waals surface area contributed by atoms with E-state index in [1.807, 2.05) is 41.3 Å². The van der Waals surface area contributed by atoms with Crippen LogP contribution in [-0.2, 0) is 22.4 Å². The number of carbonyl (C=O) groups excluding carboxylic acids is 2. The molecule has 27 heavy (non-hydrogen) atoms. The summed E-state index contributed by atoms with van der Waals surface area (Å²) < 4.78 is 5.15. The highest BCUT2D eigenvalue weighted by atomic mass is 16.5.